The van der Waals surface area contributed by atoms with Crippen LogP contribution in [0.2, 0.25) is 0 Å². The molecule has 3 heteroatoms. The van der Waals surface area contributed by atoms with Crippen LogP contribution in [0.15, 0.2) is 18.2 Å². The zero-order valence-electron chi connectivity index (χ0n) is 12.8. The Kier molecular flexibility index (Phi) is 3.63. The predicted molar refractivity (Wildman–Crippen MR) is 80.5 cm³/mol. The molecule has 0 bridgehead atoms. The van der Waals surface area contributed by atoms with Gasteiger partial charge >= 0.3 is 0 Å². The molecule has 20 heavy (non-hydrogen) atoms. The van der Waals surface area contributed by atoms with Crippen LogP contribution < -0.4 is 9.47 Å². The van der Waals surface area contributed by atoms with E-state index < -0.39 is 0 Å². The van der Waals surface area contributed by atoms with Crippen LogP contribution in [0.25, 0.3) is 0 Å². The third-order valence-corrected chi connectivity index (χ3v) is 4.86. The van der Waals surface area contributed by atoms with E-state index in [4.69, 9.17) is 9.47 Å². The molecule has 1 aliphatic carbocycles. The van der Waals surface area contributed by atoms with E-state index >= 15 is 0 Å². The lowest BCUT2D eigenvalue weighted by atomic mass is 9.77. The van der Waals surface area contributed by atoms with Crippen molar-refractivity contribution in [3.8, 4) is 11.5 Å². The van der Waals surface area contributed by atoms with Crippen LogP contribution in [0.1, 0.15) is 50.1 Å². The number of hydrogen-bond acceptors (Lipinski definition) is 3. The highest BCUT2D eigenvalue weighted by Gasteiger charge is 2.42. The summed E-state index contributed by atoms with van der Waals surface area (Å²) in [5, 5.41) is 0. The van der Waals surface area contributed by atoms with Crippen molar-refractivity contribution in [2.24, 2.45) is 0 Å². The number of ether oxygens (including phenoxy) is 2. The molecule has 1 atom stereocenters. The van der Waals surface area contributed by atoms with E-state index in [0.717, 1.165) is 17.9 Å². The highest BCUT2D eigenvalue weighted by molar-refractivity contribution is 5.44. The lowest BCUT2D eigenvalue weighted by molar-refractivity contribution is -0.0172. The Morgan fingerprint density at radius 1 is 1.20 bits per heavy atom. The first kappa shape index (κ1) is 13.7. The smallest absolute Gasteiger partial charge is 0.128 e. The average molecular weight is 275 g/mol. The second-order valence-corrected chi connectivity index (χ2v) is 6.43. The van der Waals surface area contributed by atoms with E-state index in [1.54, 1.807) is 7.11 Å². The minimum atomic E-state index is 0.0482. The molecule has 1 fully saturated rings. The van der Waals surface area contributed by atoms with Gasteiger partial charge in [0.1, 0.15) is 17.1 Å². The van der Waals surface area contributed by atoms with Crippen molar-refractivity contribution in [3.05, 3.63) is 23.8 Å². The Morgan fingerprint density at radius 3 is 2.60 bits per heavy atom. The Hall–Kier alpha value is -1.22. The van der Waals surface area contributed by atoms with E-state index in [-0.39, 0.29) is 5.60 Å². The SMILES string of the molecule is COc1ccc2c(c1)OC1(CCCCC1)CC2N(C)C. The van der Waals surface area contributed by atoms with Gasteiger partial charge in [-0.1, -0.05) is 12.5 Å². The van der Waals surface area contributed by atoms with Gasteiger partial charge in [0.2, 0.25) is 0 Å². The van der Waals surface area contributed by atoms with Gasteiger partial charge in [0, 0.05) is 24.1 Å². The van der Waals surface area contributed by atoms with E-state index in [1.165, 1.54) is 37.7 Å². The van der Waals surface area contributed by atoms with Crippen LogP contribution in [0, 0.1) is 0 Å². The lowest BCUT2D eigenvalue weighted by Gasteiger charge is -2.46. The van der Waals surface area contributed by atoms with Gasteiger partial charge in [0.15, 0.2) is 0 Å². The lowest BCUT2D eigenvalue weighted by Crippen LogP contribution is -2.45. The minimum Gasteiger partial charge on any atom is -0.497 e. The highest BCUT2D eigenvalue weighted by atomic mass is 16.5. The molecule has 110 valence electrons. The highest BCUT2D eigenvalue weighted by Crippen LogP contribution is 2.48. The largest absolute Gasteiger partial charge is 0.497 e. The molecule has 3 rings (SSSR count). The molecule has 2 aliphatic rings. The quantitative estimate of drug-likeness (QED) is 0.820. The van der Waals surface area contributed by atoms with Crippen LogP contribution in [-0.4, -0.2) is 31.7 Å². The first-order chi connectivity index (χ1) is 9.63. The fourth-order valence-electron chi connectivity index (χ4n) is 3.71. The molecular formula is C17H25NO2. The van der Waals surface area contributed by atoms with Gasteiger partial charge in [-0.05, 0) is 45.8 Å². The van der Waals surface area contributed by atoms with Gasteiger partial charge in [-0.3, -0.25) is 0 Å². The van der Waals surface area contributed by atoms with Crippen molar-refractivity contribution in [2.45, 2.75) is 50.2 Å². The molecule has 1 unspecified atom stereocenters. The van der Waals surface area contributed by atoms with E-state index in [9.17, 15) is 0 Å². The summed E-state index contributed by atoms with van der Waals surface area (Å²) in [5.74, 6) is 1.91. The Labute approximate surface area is 121 Å². The molecule has 0 aromatic heterocycles. The van der Waals surface area contributed by atoms with Gasteiger partial charge in [-0.25, -0.2) is 0 Å². The monoisotopic (exact) mass is 275 g/mol. The first-order valence-electron chi connectivity index (χ1n) is 7.67. The Morgan fingerprint density at radius 2 is 1.95 bits per heavy atom. The molecule has 1 aromatic rings. The number of fused-ring (bicyclic) bond motifs is 1. The molecule has 1 saturated carbocycles. The summed E-state index contributed by atoms with van der Waals surface area (Å²) in [6.45, 7) is 0. The molecular weight excluding hydrogens is 250 g/mol. The third kappa shape index (κ3) is 2.39. The van der Waals surface area contributed by atoms with Gasteiger partial charge in [0.05, 0.1) is 7.11 Å². The molecule has 1 aromatic carbocycles. The van der Waals surface area contributed by atoms with Crippen LogP contribution in [0.3, 0.4) is 0 Å². The number of rotatable bonds is 2. The van der Waals surface area contributed by atoms with Crippen molar-refractivity contribution in [1.82, 2.24) is 4.90 Å². The van der Waals surface area contributed by atoms with Crippen LogP contribution >= 0.6 is 0 Å². The zero-order valence-corrected chi connectivity index (χ0v) is 12.8. The number of nitrogens with zero attached hydrogens (tertiary/aromatic N) is 1. The maximum absolute atomic E-state index is 6.48. The molecule has 0 radical (unpaired) electrons. The second-order valence-electron chi connectivity index (χ2n) is 6.43. The third-order valence-electron chi connectivity index (χ3n) is 4.86. The topological polar surface area (TPSA) is 21.7 Å². The fourth-order valence-corrected chi connectivity index (χ4v) is 3.71. The van der Waals surface area contributed by atoms with Gasteiger partial charge < -0.3 is 14.4 Å². The molecule has 1 aliphatic heterocycles. The second kappa shape index (κ2) is 5.28. The van der Waals surface area contributed by atoms with Gasteiger partial charge in [-0.2, -0.15) is 0 Å². The van der Waals surface area contributed by atoms with Crippen molar-refractivity contribution in [3.63, 3.8) is 0 Å². The van der Waals surface area contributed by atoms with E-state index in [1.807, 2.05) is 6.07 Å². The van der Waals surface area contributed by atoms with Crippen LogP contribution in [0.5, 0.6) is 11.5 Å². The van der Waals surface area contributed by atoms with Crippen LogP contribution in [0.4, 0.5) is 0 Å². The van der Waals surface area contributed by atoms with E-state index in [0.29, 0.717) is 6.04 Å². The van der Waals surface area contributed by atoms with Gasteiger partial charge in [-0.15, -0.1) is 0 Å². The molecule has 1 spiro atoms. The Bertz CT molecular complexity index is 478. The summed E-state index contributed by atoms with van der Waals surface area (Å²) < 4.78 is 11.8. The van der Waals surface area contributed by atoms with E-state index in [2.05, 4.69) is 31.1 Å². The summed E-state index contributed by atoms with van der Waals surface area (Å²) in [6.07, 6.45) is 7.42. The molecule has 3 nitrogen and oxygen atoms in total. The first-order valence-corrected chi connectivity index (χ1v) is 7.67. The summed E-state index contributed by atoms with van der Waals surface area (Å²) in [7, 11) is 6.05. The van der Waals surface area contributed by atoms with Crippen molar-refractivity contribution < 1.29 is 9.47 Å². The normalized spacial score (nSPS) is 24.3. The molecule has 0 N–H and O–H groups in total. The van der Waals surface area contributed by atoms with Crippen molar-refractivity contribution in [2.75, 3.05) is 21.2 Å². The maximum atomic E-state index is 6.48. The number of methoxy groups -OCH3 is 1. The number of hydrogen-bond donors (Lipinski definition) is 0. The molecule has 0 amide bonds. The van der Waals surface area contributed by atoms with Gasteiger partial charge in [0.25, 0.3) is 0 Å². The fraction of sp³-hybridized carbons (Fsp3) is 0.647. The number of benzene rings is 1. The average Bonchev–Trinajstić information content (AvgIpc) is 2.46. The standard InChI is InChI=1S/C17H25NO2/c1-18(2)15-12-17(9-5-4-6-10-17)20-16-11-13(19-3)7-8-14(15)16/h7-8,11,15H,4-6,9-10,12H2,1-3H3. The zero-order chi connectivity index (χ0) is 14.2. The minimum absolute atomic E-state index is 0.0482. The van der Waals surface area contributed by atoms with Crippen molar-refractivity contribution in [1.29, 1.82) is 0 Å². The summed E-state index contributed by atoms with van der Waals surface area (Å²) in [5.41, 5.74) is 1.35. The molecule has 1 heterocycles. The Balaban J connectivity index is 1.98. The molecule has 0 saturated heterocycles. The predicted octanol–water partition coefficient (Wildman–Crippen LogP) is 3.78. The summed E-state index contributed by atoms with van der Waals surface area (Å²) in [6, 6.07) is 6.70. The van der Waals surface area contributed by atoms with Crippen LogP contribution in [-0.2, 0) is 0 Å². The van der Waals surface area contributed by atoms with Crippen molar-refractivity contribution >= 4 is 0 Å². The maximum Gasteiger partial charge on any atom is 0.128 e. The summed E-state index contributed by atoms with van der Waals surface area (Å²) in [4.78, 5) is 2.32. The summed E-state index contributed by atoms with van der Waals surface area (Å²) >= 11 is 0.